The molecule has 0 saturated carbocycles. The Labute approximate surface area is 81.1 Å². The molecule has 14 heavy (non-hydrogen) atoms. The highest BCUT2D eigenvalue weighted by molar-refractivity contribution is 5.31. The molecule has 78 valence electrons. The molecule has 0 aliphatic heterocycles. The molecule has 0 fully saturated rings. The van der Waals surface area contributed by atoms with Crippen molar-refractivity contribution in [1.29, 1.82) is 0 Å². The van der Waals surface area contributed by atoms with Gasteiger partial charge in [0.05, 0.1) is 6.54 Å². The van der Waals surface area contributed by atoms with Crippen LogP contribution < -0.4 is 4.90 Å². The van der Waals surface area contributed by atoms with Gasteiger partial charge in [-0.2, -0.15) is 4.39 Å². The molecule has 1 aromatic rings. The second-order valence-corrected chi connectivity index (χ2v) is 3.11. The Hall–Kier alpha value is -1.03. The zero-order valence-electron chi connectivity index (χ0n) is 7.99. The van der Waals surface area contributed by atoms with Crippen LogP contribution in [0, 0.1) is 11.6 Å². The van der Waals surface area contributed by atoms with Crippen LogP contribution >= 0.6 is 0 Å². The van der Waals surface area contributed by atoms with E-state index in [0.717, 1.165) is 18.6 Å². The van der Waals surface area contributed by atoms with Crippen molar-refractivity contribution >= 4 is 5.69 Å². The summed E-state index contributed by atoms with van der Waals surface area (Å²) in [5, 5.41) is 0. The zero-order valence-corrected chi connectivity index (χ0v) is 7.99. The summed E-state index contributed by atoms with van der Waals surface area (Å²) < 4.78 is 38.3. The van der Waals surface area contributed by atoms with E-state index in [1.807, 2.05) is 6.92 Å². The molecule has 1 nitrogen and oxygen atoms in total. The fraction of sp³-hybridized carbons (Fsp3) is 0.400. The molecular weight excluding hydrogens is 191 g/mol. The van der Waals surface area contributed by atoms with Crippen molar-refractivity contribution in [2.45, 2.75) is 13.3 Å². The van der Waals surface area contributed by atoms with E-state index in [1.165, 1.54) is 6.07 Å². The average Bonchev–Trinajstić information content (AvgIpc) is 2.15. The van der Waals surface area contributed by atoms with E-state index in [9.17, 15) is 13.2 Å². The van der Waals surface area contributed by atoms with Crippen LogP contribution in [0.15, 0.2) is 18.2 Å². The van der Waals surface area contributed by atoms with Crippen LogP contribution in [0.4, 0.5) is 18.9 Å². The maximum Gasteiger partial charge on any atom is 0.225 e. The lowest BCUT2D eigenvalue weighted by Gasteiger charge is -2.14. The summed E-state index contributed by atoms with van der Waals surface area (Å²) in [5.74, 6) is -1.33. The Balaban J connectivity index is 2.92. The zero-order chi connectivity index (χ0) is 10.6. The van der Waals surface area contributed by atoms with Gasteiger partial charge < -0.3 is 0 Å². The number of rotatable bonds is 4. The third kappa shape index (κ3) is 2.48. The number of nitrogens with one attached hydrogen (secondary N) is 1. The van der Waals surface area contributed by atoms with Crippen molar-refractivity contribution in [3.05, 3.63) is 29.8 Å². The summed E-state index contributed by atoms with van der Waals surface area (Å²) in [6, 6.07) is 3.21. The highest BCUT2D eigenvalue weighted by atomic mass is 19.1. The molecule has 0 heterocycles. The van der Waals surface area contributed by atoms with E-state index >= 15 is 0 Å². The predicted molar refractivity (Wildman–Crippen MR) is 48.1 cm³/mol. The molecule has 1 rings (SSSR count). The Kier molecular flexibility index (Phi) is 3.95. The van der Waals surface area contributed by atoms with Crippen LogP contribution in [-0.2, 0) is 0 Å². The normalized spacial score (nSPS) is 12.9. The maximum absolute atomic E-state index is 13.2. The van der Waals surface area contributed by atoms with Gasteiger partial charge in [0.2, 0.25) is 6.80 Å². The molecule has 4 heteroatoms. The standard InChI is InChI=1S/C10H12F3N/c1-2-5-14(7-11)10-4-3-8(12)6-9(10)13/h3-4,6H,2,5,7H2,1H3/p+1. The van der Waals surface area contributed by atoms with Gasteiger partial charge in [-0.3, -0.25) is 4.90 Å². The molecule has 1 aromatic carbocycles. The predicted octanol–water partition coefficient (Wildman–Crippen LogP) is 1.82. The maximum atomic E-state index is 13.2. The monoisotopic (exact) mass is 204 g/mol. The lowest BCUT2D eigenvalue weighted by atomic mass is 10.2. The molecule has 0 aliphatic carbocycles. The molecule has 0 amide bonds. The lowest BCUT2D eigenvalue weighted by Crippen LogP contribution is -3.06. The fourth-order valence-electron chi connectivity index (χ4n) is 1.35. The van der Waals surface area contributed by atoms with Gasteiger partial charge in [-0.25, -0.2) is 8.78 Å². The fourth-order valence-corrected chi connectivity index (χ4v) is 1.35. The van der Waals surface area contributed by atoms with Crippen molar-refractivity contribution in [3.63, 3.8) is 0 Å². The van der Waals surface area contributed by atoms with Gasteiger partial charge in [0.15, 0.2) is 11.5 Å². The molecule has 1 unspecified atom stereocenters. The quantitative estimate of drug-likeness (QED) is 0.713. The Morgan fingerprint density at radius 1 is 1.29 bits per heavy atom. The summed E-state index contributed by atoms with van der Waals surface area (Å²) in [6.45, 7) is 1.70. The number of quaternary nitrogens is 1. The molecule has 0 saturated heterocycles. The summed E-state index contributed by atoms with van der Waals surface area (Å²) in [4.78, 5) is 0.394. The minimum Gasteiger partial charge on any atom is -0.274 e. The first-order chi connectivity index (χ1) is 6.69. The van der Waals surface area contributed by atoms with Crippen LogP contribution in [0.3, 0.4) is 0 Å². The minimum absolute atomic E-state index is 0.191. The van der Waals surface area contributed by atoms with Crippen LogP contribution in [0.2, 0.25) is 0 Å². The van der Waals surface area contributed by atoms with Crippen molar-refractivity contribution in [3.8, 4) is 0 Å². The second-order valence-electron chi connectivity index (χ2n) is 3.11. The van der Waals surface area contributed by atoms with Crippen LogP contribution in [-0.4, -0.2) is 13.3 Å². The number of alkyl halides is 1. The number of benzene rings is 1. The summed E-state index contributed by atoms with van der Waals surface area (Å²) in [5.41, 5.74) is 0.191. The summed E-state index contributed by atoms with van der Waals surface area (Å²) >= 11 is 0. The largest absolute Gasteiger partial charge is 0.274 e. The SMILES string of the molecule is CCC[NH+](CF)c1ccc(F)cc1F. The van der Waals surface area contributed by atoms with Crippen molar-refractivity contribution in [2.75, 3.05) is 13.3 Å². The number of hydrogen-bond donors (Lipinski definition) is 1. The molecule has 0 spiro atoms. The Morgan fingerprint density at radius 2 is 2.00 bits per heavy atom. The topological polar surface area (TPSA) is 4.44 Å². The first kappa shape index (κ1) is 11.0. The van der Waals surface area contributed by atoms with Crippen LogP contribution in [0.5, 0.6) is 0 Å². The van der Waals surface area contributed by atoms with E-state index in [1.54, 1.807) is 0 Å². The van der Waals surface area contributed by atoms with E-state index in [4.69, 9.17) is 0 Å². The van der Waals surface area contributed by atoms with E-state index in [2.05, 4.69) is 0 Å². The summed E-state index contributed by atoms with van der Waals surface area (Å²) in [6.07, 6.45) is 0.746. The number of hydrogen-bond acceptors (Lipinski definition) is 0. The van der Waals surface area contributed by atoms with Gasteiger partial charge in [0, 0.05) is 12.1 Å². The first-order valence-corrected chi connectivity index (χ1v) is 4.55. The molecular formula is C10H13F3N+. The molecule has 0 bridgehead atoms. The van der Waals surface area contributed by atoms with E-state index in [0.29, 0.717) is 11.4 Å². The van der Waals surface area contributed by atoms with Gasteiger partial charge >= 0.3 is 0 Å². The van der Waals surface area contributed by atoms with Gasteiger partial charge in [-0.1, -0.05) is 6.92 Å². The highest BCUT2D eigenvalue weighted by Gasteiger charge is 2.16. The first-order valence-electron chi connectivity index (χ1n) is 4.55. The third-order valence-electron chi connectivity index (χ3n) is 2.03. The highest BCUT2D eigenvalue weighted by Crippen LogP contribution is 2.10. The minimum atomic E-state index is -0.689. The van der Waals surface area contributed by atoms with Crippen LogP contribution in [0.25, 0.3) is 0 Å². The molecule has 1 N–H and O–H groups in total. The van der Waals surface area contributed by atoms with Crippen molar-refractivity contribution < 1.29 is 18.1 Å². The van der Waals surface area contributed by atoms with Gasteiger partial charge in [0.1, 0.15) is 5.82 Å². The molecule has 0 aromatic heterocycles. The molecule has 0 radical (unpaired) electrons. The van der Waals surface area contributed by atoms with Gasteiger partial charge in [-0.15, -0.1) is 0 Å². The average molecular weight is 204 g/mol. The Morgan fingerprint density at radius 3 is 2.50 bits per heavy atom. The van der Waals surface area contributed by atoms with Crippen molar-refractivity contribution in [1.82, 2.24) is 0 Å². The van der Waals surface area contributed by atoms with E-state index < -0.39 is 18.4 Å². The summed E-state index contributed by atoms with van der Waals surface area (Å²) in [7, 11) is 0. The lowest BCUT2D eigenvalue weighted by molar-refractivity contribution is -0.848. The molecule has 1 atom stereocenters. The Bertz CT molecular complexity index is 301. The third-order valence-corrected chi connectivity index (χ3v) is 2.03. The number of halogens is 3. The van der Waals surface area contributed by atoms with E-state index in [-0.39, 0.29) is 5.69 Å². The van der Waals surface area contributed by atoms with Gasteiger partial charge in [0.25, 0.3) is 0 Å². The van der Waals surface area contributed by atoms with Gasteiger partial charge in [-0.05, 0) is 12.5 Å². The smallest absolute Gasteiger partial charge is 0.225 e. The van der Waals surface area contributed by atoms with Crippen LogP contribution in [0.1, 0.15) is 13.3 Å². The second kappa shape index (κ2) is 5.00. The molecule has 0 aliphatic rings. The van der Waals surface area contributed by atoms with Crippen molar-refractivity contribution in [2.24, 2.45) is 0 Å².